The molecule has 6 heteroatoms. The van der Waals surface area contributed by atoms with Crippen molar-refractivity contribution < 1.29 is 0 Å². The van der Waals surface area contributed by atoms with E-state index in [1.165, 1.54) is 0 Å². The van der Waals surface area contributed by atoms with Crippen molar-refractivity contribution in [2.75, 3.05) is 6.54 Å². The first-order valence-electron chi connectivity index (χ1n) is 8.19. The number of hydrogen-bond acceptors (Lipinski definition) is 2. The number of imidazole rings is 1. The van der Waals surface area contributed by atoms with Gasteiger partial charge in [-0.1, -0.05) is 37.0 Å². The normalized spacial score (nSPS) is 12.3. The molecule has 0 radical (unpaired) electrons. The Morgan fingerprint density at radius 3 is 2.68 bits per heavy atom. The summed E-state index contributed by atoms with van der Waals surface area (Å²) >= 11 is 12.1. The van der Waals surface area contributed by atoms with Gasteiger partial charge in [0.25, 0.3) is 0 Å². The largest absolute Gasteiger partial charge is 0.384 e. The van der Waals surface area contributed by atoms with Crippen molar-refractivity contribution in [3.63, 3.8) is 0 Å². The molecule has 3 rings (SSSR count). The summed E-state index contributed by atoms with van der Waals surface area (Å²) in [6.07, 6.45) is 1.02. The van der Waals surface area contributed by atoms with Gasteiger partial charge in [0.15, 0.2) is 0 Å². The molecule has 0 unspecified atom stereocenters. The highest BCUT2D eigenvalue weighted by atomic mass is 35.5. The van der Waals surface area contributed by atoms with E-state index in [0.717, 1.165) is 41.0 Å². The van der Waals surface area contributed by atoms with Gasteiger partial charge in [-0.2, -0.15) is 0 Å². The fourth-order valence-corrected chi connectivity index (χ4v) is 2.78. The van der Waals surface area contributed by atoms with Crippen LogP contribution in [0.25, 0.3) is 22.4 Å². The summed E-state index contributed by atoms with van der Waals surface area (Å²) in [7, 11) is 0. The highest BCUT2D eigenvalue weighted by molar-refractivity contribution is 6.42. The lowest BCUT2D eigenvalue weighted by atomic mass is 10.1. The molecule has 1 aromatic heterocycles. The number of rotatable bonds is 5. The first-order valence-corrected chi connectivity index (χ1v) is 8.95. The van der Waals surface area contributed by atoms with Gasteiger partial charge >= 0.3 is 0 Å². The van der Waals surface area contributed by atoms with E-state index < -0.39 is 0 Å². The van der Waals surface area contributed by atoms with Gasteiger partial charge in [0.05, 0.1) is 21.1 Å². The maximum Gasteiger partial charge on any atom is 0.138 e. The summed E-state index contributed by atoms with van der Waals surface area (Å²) in [6, 6.07) is 11.3. The lowest BCUT2D eigenvalue weighted by Crippen LogP contribution is -2.14. The van der Waals surface area contributed by atoms with Crippen LogP contribution in [0.4, 0.5) is 0 Å². The Balaban J connectivity index is 1.90. The average molecular weight is 375 g/mol. The Morgan fingerprint density at radius 2 is 1.96 bits per heavy atom. The number of hydrogen-bond donors (Lipinski definition) is 2. The van der Waals surface area contributed by atoms with Gasteiger partial charge in [-0.15, -0.1) is 0 Å². The second-order valence-electron chi connectivity index (χ2n) is 6.40. The van der Waals surface area contributed by atoms with Crippen LogP contribution in [0.1, 0.15) is 25.8 Å². The van der Waals surface area contributed by atoms with Crippen molar-refractivity contribution in [3.05, 3.63) is 52.0 Å². The predicted octanol–water partition coefficient (Wildman–Crippen LogP) is 5.29. The molecule has 2 aromatic carbocycles. The standard InChI is InChI=1S/C19H20Cl2N4/c1-11(2)7-8-23-18(22)12-4-6-16-17(10-12)25-19(24-16)13-3-5-14(20)15(21)9-13/h3-6,9-11H,7-8H2,1-2H3,(H2,22,23)(H,24,25). The molecule has 3 aromatic rings. The Bertz CT molecular complexity index is 928. The summed E-state index contributed by atoms with van der Waals surface area (Å²) in [5.74, 6) is 1.90. The fourth-order valence-electron chi connectivity index (χ4n) is 2.48. The zero-order valence-electron chi connectivity index (χ0n) is 14.2. The van der Waals surface area contributed by atoms with Gasteiger partial charge < -0.3 is 10.7 Å². The number of nitrogens with two attached hydrogens (primary N) is 1. The Hall–Kier alpha value is -2.04. The molecule has 0 spiro atoms. The molecular formula is C19H20Cl2N4. The van der Waals surface area contributed by atoms with Crippen LogP contribution in [0.15, 0.2) is 41.4 Å². The third-order valence-electron chi connectivity index (χ3n) is 3.96. The molecule has 0 aliphatic heterocycles. The van der Waals surface area contributed by atoms with Gasteiger partial charge in [-0.25, -0.2) is 4.98 Å². The molecule has 0 aliphatic rings. The minimum Gasteiger partial charge on any atom is -0.384 e. The number of nitrogens with one attached hydrogen (secondary N) is 1. The number of aromatic amines is 1. The van der Waals surface area contributed by atoms with E-state index in [2.05, 4.69) is 28.8 Å². The molecule has 0 amide bonds. The van der Waals surface area contributed by atoms with E-state index in [1.54, 1.807) is 12.1 Å². The Labute approximate surface area is 157 Å². The second-order valence-corrected chi connectivity index (χ2v) is 7.21. The Morgan fingerprint density at radius 1 is 1.16 bits per heavy atom. The van der Waals surface area contributed by atoms with Crippen LogP contribution in [0.2, 0.25) is 10.0 Å². The van der Waals surface area contributed by atoms with Crippen LogP contribution in [-0.4, -0.2) is 22.3 Å². The summed E-state index contributed by atoms with van der Waals surface area (Å²) in [5, 5.41) is 1.02. The van der Waals surface area contributed by atoms with E-state index in [1.807, 2.05) is 24.3 Å². The van der Waals surface area contributed by atoms with E-state index >= 15 is 0 Å². The molecule has 0 fully saturated rings. The average Bonchev–Trinajstić information content (AvgIpc) is 3.00. The number of amidine groups is 1. The van der Waals surface area contributed by atoms with Gasteiger partial charge in [0.2, 0.25) is 0 Å². The van der Waals surface area contributed by atoms with Crippen LogP contribution in [0.3, 0.4) is 0 Å². The third kappa shape index (κ3) is 4.14. The first kappa shape index (κ1) is 17.8. The van der Waals surface area contributed by atoms with Gasteiger partial charge in [0.1, 0.15) is 11.7 Å². The topological polar surface area (TPSA) is 67.1 Å². The Kier molecular flexibility index (Phi) is 5.30. The molecule has 0 bridgehead atoms. The minimum atomic E-state index is 0.502. The number of benzene rings is 2. The lowest BCUT2D eigenvalue weighted by molar-refractivity contribution is 0.597. The smallest absolute Gasteiger partial charge is 0.138 e. The third-order valence-corrected chi connectivity index (χ3v) is 4.70. The maximum absolute atomic E-state index is 6.11. The summed E-state index contributed by atoms with van der Waals surface area (Å²) in [4.78, 5) is 12.4. The van der Waals surface area contributed by atoms with Gasteiger partial charge in [-0.3, -0.25) is 4.99 Å². The van der Waals surface area contributed by atoms with Gasteiger partial charge in [0, 0.05) is 17.7 Å². The molecule has 130 valence electrons. The number of aliphatic imine (C=N–C) groups is 1. The number of nitrogens with zero attached hydrogens (tertiary/aromatic N) is 2. The number of halogens is 2. The highest BCUT2D eigenvalue weighted by Gasteiger charge is 2.09. The number of aromatic nitrogens is 2. The molecule has 25 heavy (non-hydrogen) atoms. The van der Waals surface area contributed by atoms with Crippen molar-refractivity contribution in [2.45, 2.75) is 20.3 Å². The first-order chi connectivity index (χ1) is 11.9. The summed E-state index contributed by atoms with van der Waals surface area (Å²) in [6.45, 7) is 5.08. The van der Waals surface area contributed by atoms with E-state index in [0.29, 0.717) is 21.8 Å². The molecule has 1 heterocycles. The van der Waals surface area contributed by atoms with E-state index in [9.17, 15) is 0 Å². The van der Waals surface area contributed by atoms with Crippen LogP contribution >= 0.6 is 23.2 Å². The fraction of sp³-hybridized carbons (Fsp3) is 0.263. The second kappa shape index (κ2) is 7.46. The monoisotopic (exact) mass is 374 g/mol. The molecule has 4 nitrogen and oxygen atoms in total. The van der Waals surface area contributed by atoms with Crippen LogP contribution in [0, 0.1) is 5.92 Å². The minimum absolute atomic E-state index is 0.502. The zero-order chi connectivity index (χ0) is 18.0. The highest BCUT2D eigenvalue weighted by Crippen LogP contribution is 2.28. The maximum atomic E-state index is 6.11. The van der Waals surface area contributed by atoms with Crippen molar-refractivity contribution in [1.82, 2.24) is 9.97 Å². The molecule has 0 aliphatic carbocycles. The summed E-state index contributed by atoms with van der Waals surface area (Å²) < 4.78 is 0. The molecule has 0 atom stereocenters. The predicted molar refractivity (Wildman–Crippen MR) is 107 cm³/mol. The van der Waals surface area contributed by atoms with Crippen molar-refractivity contribution in [2.24, 2.45) is 16.6 Å². The molecule has 0 saturated carbocycles. The molecular weight excluding hydrogens is 355 g/mol. The zero-order valence-corrected chi connectivity index (χ0v) is 15.7. The molecule has 3 N–H and O–H groups in total. The quantitative estimate of drug-likeness (QED) is 0.470. The lowest BCUT2D eigenvalue weighted by Gasteiger charge is -2.03. The van der Waals surface area contributed by atoms with Crippen molar-refractivity contribution >= 4 is 40.1 Å². The van der Waals surface area contributed by atoms with E-state index in [-0.39, 0.29) is 0 Å². The van der Waals surface area contributed by atoms with Crippen molar-refractivity contribution in [3.8, 4) is 11.4 Å². The summed E-state index contributed by atoms with van der Waals surface area (Å²) in [5.41, 5.74) is 9.64. The SMILES string of the molecule is CC(C)CCN=C(N)c1ccc2nc(-c3ccc(Cl)c(Cl)c3)[nH]c2c1. The number of H-pyrrole nitrogens is 1. The van der Waals surface area contributed by atoms with Crippen LogP contribution in [0.5, 0.6) is 0 Å². The van der Waals surface area contributed by atoms with E-state index in [4.69, 9.17) is 28.9 Å². The van der Waals surface area contributed by atoms with Crippen molar-refractivity contribution in [1.29, 1.82) is 0 Å². The van der Waals surface area contributed by atoms with Crippen LogP contribution < -0.4 is 5.73 Å². The van der Waals surface area contributed by atoms with Crippen LogP contribution in [-0.2, 0) is 0 Å². The number of fused-ring (bicyclic) bond motifs is 1. The van der Waals surface area contributed by atoms with Gasteiger partial charge in [-0.05, 0) is 48.7 Å². The molecule has 0 saturated heterocycles.